The fraction of sp³-hybridized carbons (Fsp3) is 0.118. The van der Waals surface area contributed by atoms with Crippen molar-refractivity contribution in [3.8, 4) is 11.3 Å². The van der Waals surface area contributed by atoms with Gasteiger partial charge >= 0.3 is 0 Å². The van der Waals surface area contributed by atoms with E-state index < -0.39 is 0 Å². The van der Waals surface area contributed by atoms with Crippen molar-refractivity contribution in [2.45, 2.75) is 13.8 Å². The number of hydrogen-bond acceptors (Lipinski definition) is 3. The molecular weight excluding hydrogens is 283 g/mol. The van der Waals surface area contributed by atoms with Crippen molar-refractivity contribution in [1.29, 1.82) is 0 Å². The summed E-state index contributed by atoms with van der Waals surface area (Å²) in [6, 6.07) is 14.7. The van der Waals surface area contributed by atoms with Crippen LogP contribution in [0.3, 0.4) is 0 Å². The van der Waals surface area contributed by atoms with Crippen molar-refractivity contribution in [3.05, 3.63) is 64.8 Å². The molecule has 21 heavy (non-hydrogen) atoms. The van der Waals surface area contributed by atoms with Gasteiger partial charge in [-0.3, -0.25) is 0 Å². The summed E-state index contributed by atoms with van der Waals surface area (Å²) in [7, 11) is 0. The molecule has 1 N–H and O–H groups in total. The lowest BCUT2D eigenvalue weighted by atomic mass is 10.1. The molecular formula is C17H15FN2S. The normalized spacial score (nSPS) is 10.6. The van der Waals surface area contributed by atoms with Crippen LogP contribution in [0.15, 0.2) is 48.5 Å². The Bertz CT molecular complexity index is 763. The van der Waals surface area contributed by atoms with Crippen LogP contribution in [0.1, 0.15) is 10.4 Å². The first-order valence-corrected chi connectivity index (χ1v) is 7.50. The van der Waals surface area contributed by atoms with E-state index in [2.05, 4.69) is 41.5 Å². The summed E-state index contributed by atoms with van der Waals surface area (Å²) in [6.07, 6.45) is 0. The highest BCUT2D eigenvalue weighted by Gasteiger charge is 2.10. The zero-order valence-corrected chi connectivity index (χ0v) is 12.7. The van der Waals surface area contributed by atoms with Gasteiger partial charge in [0.05, 0.1) is 5.69 Å². The van der Waals surface area contributed by atoms with Crippen molar-refractivity contribution < 1.29 is 4.39 Å². The number of nitrogens with zero attached hydrogens (tertiary/aromatic N) is 1. The molecule has 0 fully saturated rings. The zero-order valence-electron chi connectivity index (χ0n) is 11.9. The van der Waals surface area contributed by atoms with Gasteiger partial charge in [-0.1, -0.05) is 35.9 Å². The average molecular weight is 298 g/mol. The van der Waals surface area contributed by atoms with E-state index in [0.29, 0.717) is 5.69 Å². The summed E-state index contributed by atoms with van der Waals surface area (Å²) in [6.45, 7) is 4.11. The van der Waals surface area contributed by atoms with Crippen LogP contribution >= 0.6 is 11.3 Å². The molecule has 3 rings (SSSR count). The molecule has 0 saturated heterocycles. The zero-order chi connectivity index (χ0) is 14.8. The van der Waals surface area contributed by atoms with Gasteiger partial charge < -0.3 is 5.32 Å². The summed E-state index contributed by atoms with van der Waals surface area (Å²) in [5.74, 6) is -0.257. The predicted molar refractivity (Wildman–Crippen MR) is 86.7 cm³/mol. The lowest BCUT2D eigenvalue weighted by Gasteiger charge is -2.02. The van der Waals surface area contributed by atoms with Crippen LogP contribution in [0, 0.1) is 19.7 Å². The predicted octanol–water partition coefficient (Wildman–Crippen LogP) is 5.31. The second-order valence-corrected chi connectivity index (χ2v) is 6.13. The van der Waals surface area contributed by atoms with Gasteiger partial charge in [0.1, 0.15) is 5.82 Å². The van der Waals surface area contributed by atoms with Gasteiger partial charge in [-0.2, -0.15) is 0 Å². The maximum Gasteiger partial charge on any atom is 0.187 e. The van der Waals surface area contributed by atoms with Crippen LogP contribution in [0.5, 0.6) is 0 Å². The smallest absolute Gasteiger partial charge is 0.187 e. The van der Waals surface area contributed by atoms with E-state index in [4.69, 9.17) is 0 Å². The van der Waals surface area contributed by atoms with Crippen molar-refractivity contribution >= 4 is 22.2 Å². The first-order chi connectivity index (χ1) is 10.1. The molecule has 1 heterocycles. The summed E-state index contributed by atoms with van der Waals surface area (Å²) < 4.78 is 13.2. The highest BCUT2D eigenvalue weighted by atomic mass is 32.1. The maximum atomic E-state index is 13.2. The van der Waals surface area contributed by atoms with Crippen LogP contribution in [0.25, 0.3) is 11.3 Å². The molecule has 106 valence electrons. The Kier molecular flexibility index (Phi) is 3.71. The number of rotatable bonds is 3. The molecule has 1 aromatic heterocycles. The standard InChI is InChI=1S/C17H15FN2S/c1-11-6-8-13(9-7-11)16-12(2)21-17(20-16)19-15-5-3-4-14(18)10-15/h3-10H,1-2H3,(H,19,20). The number of anilines is 2. The van der Waals surface area contributed by atoms with E-state index in [0.717, 1.165) is 21.3 Å². The van der Waals surface area contributed by atoms with E-state index in [1.54, 1.807) is 17.4 Å². The van der Waals surface area contributed by atoms with Gasteiger partial charge in [0.25, 0.3) is 0 Å². The highest BCUT2D eigenvalue weighted by molar-refractivity contribution is 7.16. The van der Waals surface area contributed by atoms with Crippen molar-refractivity contribution in [2.75, 3.05) is 5.32 Å². The van der Waals surface area contributed by atoms with E-state index in [9.17, 15) is 4.39 Å². The Labute approximate surface area is 127 Å². The minimum Gasteiger partial charge on any atom is -0.331 e. The number of halogens is 1. The first kappa shape index (κ1) is 13.8. The minimum absolute atomic E-state index is 0.257. The van der Waals surface area contributed by atoms with Gasteiger partial charge in [0, 0.05) is 16.1 Å². The fourth-order valence-corrected chi connectivity index (χ4v) is 2.97. The SMILES string of the molecule is Cc1ccc(-c2nc(Nc3cccc(F)c3)sc2C)cc1. The second kappa shape index (κ2) is 5.66. The Morgan fingerprint density at radius 3 is 2.52 bits per heavy atom. The lowest BCUT2D eigenvalue weighted by Crippen LogP contribution is -1.90. The number of hydrogen-bond donors (Lipinski definition) is 1. The average Bonchev–Trinajstić information content (AvgIpc) is 2.80. The summed E-state index contributed by atoms with van der Waals surface area (Å²) in [5, 5.41) is 3.93. The van der Waals surface area contributed by atoms with Crippen molar-refractivity contribution in [1.82, 2.24) is 4.98 Å². The largest absolute Gasteiger partial charge is 0.331 e. The van der Waals surface area contributed by atoms with Crippen LogP contribution in [-0.4, -0.2) is 4.98 Å². The first-order valence-electron chi connectivity index (χ1n) is 6.69. The Morgan fingerprint density at radius 1 is 1.05 bits per heavy atom. The monoisotopic (exact) mass is 298 g/mol. The van der Waals surface area contributed by atoms with E-state index >= 15 is 0 Å². The van der Waals surface area contributed by atoms with Crippen LogP contribution in [0.2, 0.25) is 0 Å². The molecule has 0 unspecified atom stereocenters. The highest BCUT2D eigenvalue weighted by Crippen LogP contribution is 2.32. The van der Waals surface area contributed by atoms with Crippen LogP contribution in [-0.2, 0) is 0 Å². The quantitative estimate of drug-likeness (QED) is 0.709. The van der Waals surface area contributed by atoms with E-state index in [1.165, 1.54) is 17.7 Å². The van der Waals surface area contributed by atoms with Crippen molar-refractivity contribution in [2.24, 2.45) is 0 Å². The molecule has 0 amide bonds. The molecule has 4 heteroatoms. The maximum absolute atomic E-state index is 13.2. The van der Waals surface area contributed by atoms with Gasteiger partial charge in [-0.15, -0.1) is 11.3 Å². The molecule has 2 aromatic carbocycles. The van der Waals surface area contributed by atoms with Gasteiger partial charge in [-0.05, 0) is 32.0 Å². The van der Waals surface area contributed by atoms with E-state index in [-0.39, 0.29) is 5.82 Å². The molecule has 0 aliphatic carbocycles. The summed E-state index contributed by atoms with van der Waals surface area (Å²) in [4.78, 5) is 5.76. The van der Waals surface area contributed by atoms with Crippen LogP contribution in [0.4, 0.5) is 15.2 Å². The number of benzene rings is 2. The molecule has 0 spiro atoms. The lowest BCUT2D eigenvalue weighted by molar-refractivity contribution is 0.628. The Balaban J connectivity index is 1.89. The molecule has 2 nitrogen and oxygen atoms in total. The second-order valence-electron chi connectivity index (χ2n) is 4.93. The van der Waals surface area contributed by atoms with Crippen LogP contribution < -0.4 is 5.32 Å². The third-order valence-corrected chi connectivity index (χ3v) is 4.08. The topological polar surface area (TPSA) is 24.9 Å². The fourth-order valence-electron chi connectivity index (χ4n) is 2.12. The number of aryl methyl sites for hydroxylation is 2. The van der Waals surface area contributed by atoms with Gasteiger partial charge in [-0.25, -0.2) is 9.37 Å². The Morgan fingerprint density at radius 2 is 1.81 bits per heavy atom. The number of aromatic nitrogens is 1. The number of nitrogens with one attached hydrogen (secondary N) is 1. The molecule has 0 aliphatic heterocycles. The minimum atomic E-state index is -0.257. The third-order valence-electron chi connectivity index (χ3n) is 3.20. The molecule has 0 bridgehead atoms. The molecule has 3 aromatic rings. The number of thiazole rings is 1. The molecule has 0 saturated carbocycles. The van der Waals surface area contributed by atoms with Gasteiger partial charge in [0.15, 0.2) is 5.13 Å². The molecule has 0 aliphatic rings. The summed E-state index contributed by atoms with van der Waals surface area (Å²) in [5.41, 5.74) is 4.00. The van der Waals surface area contributed by atoms with E-state index in [1.807, 2.05) is 13.0 Å². The third kappa shape index (κ3) is 3.11. The summed E-state index contributed by atoms with van der Waals surface area (Å²) >= 11 is 1.57. The van der Waals surface area contributed by atoms with Crippen molar-refractivity contribution in [3.63, 3.8) is 0 Å². The Hall–Kier alpha value is -2.20. The van der Waals surface area contributed by atoms with Gasteiger partial charge in [0.2, 0.25) is 0 Å². The molecule has 0 atom stereocenters. The molecule has 0 radical (unpaired) electrons.